The van der Waals surface area contributed by atoms with E-state index in [4.69, 9.17) is 5.11 Å². The molecule has 0 radical (unpaired) electrons. The summed E-state index contributed by atoms with van der Waals surface area (Å²) in [4.78, 5) is 23.6. The quantitative estimate of drug-likeness (QED) is 0.720. The van der Waals surface area contributed by atoms with Crippen molar-refractivity contribution >= 4 is 11.9 Å². The molecule has 0 spiro atoms. The maximum Gasteiger partial charge on any atom is 0.323 e. The van der Waals surface area contributed by atoms with Gasteiger partial charge in [-0.05, 0) is 0 Å². The summed E-state index contributed by atoms with van der Waals surface area (Å²) in [6.07, 6.45) is 4.43. The highest BCUT2D eigenvalue weighted by Gasteiger charge is 2.18. The third kappa shape index (κ3) is 2.94. The van der Waals surface area contributed by atoms with Crippen LogP contribution in [0.4, 0.5) is 0 Å². The summed E-state index contributed by atoms with van der Waals surface area (Å²) in [7, 11) is 1.69. The third-order valence-corrected chi connectivity index (χ3v) is 1.91. The summed E-state index contributed by atoms with van der Waals surface area (Å²) in [5, 5.41) is 12.5. The van der Waals surface area contributed by atoms with Crippen molar-refractivity contribution in [3.05, 3.63) is 30.6 Å². The van der Waals surface area contributed by atoms with Crippen molar-refractivity contribution in [2.75, 3.05) is 13.1 Å². The van der Waals surface area contributed by atoms with Crippen LogP contribution in [0.2, 0.25) is 0 Å². The standard InChI is InChI=1S/C10H13N3O3/c1-3-4-13(7-9(14)15)10(16)8-5-11-12(2)6-8/h3,5-6H,1,4,7H2,2H3,(H,14,15). The second-order valence-corrected chi connectivity index (χ2v) is 3.27. The lowest BCUT2D eigenvalue weighted by atomic mass is 10.3. The molecule has 0 aliphatic rings. The summed E-state index contributed by atoms with van der Waals surface area (Å²) in [6, 6.07) is 0. The maximum atomic E-state index is 11.8. The van der Waals surface area contributed by atoms with E-state index in [1.54, 1.807) is 13.2 Å². The Balaban J connectivity index is 2.81. The van der Waals surface area contributed by atoms with Gasteiger partial charge in [-0.25, -0.2) is 0 Å². The average molecular weight is 223 g/mol. The summed E-state index contributed by atoms with van der Waals surface area (Å²) < 4.78 is 1.49. The molecule has 1 heterocycles. The molecule has 0 atom stereocenters. The number of carbonyl (C=O) groups excluding carboxylic acids is 1. The van der Waals surface area contributed by atoms with E-state index in [1.807, 2.05) is 0 Å². The molecule has 6 nitrogen and oxygen atoms in total. The highest BCUT2D eigenvalue weighted by Crippen LogP contribution is 2.03. The van der Waals surface area contributed by atoms with Crippen LogP contribution in [0.25, 0.3) is 0 Å². The van der Waals surface area contributed by atoms with E-state index in [0.29, 0.717) is 5.56 Å². The zero-order chi connectivity index (χ0) is 12.1. The molecular weight excluding hydrogens is 210 g/mol. The first-order valence-corrected chi connectivity index (χ1v) is 4.65. The predicted octanol–water partition coefficient (Wildman–Crippen LogP) is 0.133. The van der Waals surface area contributed by atoms with E-state index >= 15 is 0 Å². The largest absolute Gasteiger partial charge is 0.480 e. The monoisotopic (exact) mass is 223 g/mol. The molecule has 1 aromatic rings. The summed E-state index contributed by atoms with van der Waals surface area (Å²) in [5.74, 6) is -1.42. The fourth-order valence-electron chi connectivity index (χ4n) is 1.25. The molecule has 6 heteroatoms. The first-order valence-electron chi connectivity index (χ1n) is 4.65. The van der Waals surface area contributed by atoms with Crippen LogP contribution in [0.3, 0.4) is 0 Å². The number of carbonyl (C=O) groups is 2. The van der Waals surface area contributed by atoms with Gasteiger partial charge in [0.1, 0.15) is 6.54 Å². The molecule has 0 bridgehead atoms. The predicted molar refractivity (Wildman–Crippen MR) is 56.9 cm³/mol. The molecule has 0 saturated carbocycles. The number of carboxylic acids is 1. The Morgan fingerprint density at radius 1 is 1.69 bits per heavy atom. The van der Waals surface area contributed by atoms with Crippen LogP contribution in [0.5, 0.6) is 0 Å². The first-order chi connectivity index (χ1) is 7.54. The zero-order valence-corrected chi connectivity index (χ0v) is 8.96. The minimum absolute atomic E-state index is 0.194. The van der Waals surface area contributed by atoms with Crippen molar-refractivity contribution < 1.29 is 14.7 Å². The van der Waals surface area contributed by atoms with Gasteiger partial charge in [-0.3, -0.25) is 14.3 Å². The highest BCUT2D eigenvalue weighted by molar-refractivity contribution is 5.95. The van der Waals surface area contributed by atoms with Gasteiger partial charge in [0.05, 0.1) is 11.8 Å². The van der Waals surface area contributed by atoms with Crippen LogP contribution in [0, 0.1) is 0 Å². The van der Waals surface area contributed by atoms with Crippen molar-refractivity contribution in [1.29, 1.82) is 0 Å². The fourth-order valence-corrected chi connectivity index (χ4v) is 1.25. The van der Waals surface area contributed by atoms with Gasteiger partial charge < -0.3 is 10.0 Å². The van der Waals surface area contributed by atoms with Crippen molar-refractivity contribution in [1.82, 2.24) is 14.7 Å². The Morgan fingerprint density at radius 3 is 2.81 bits per heavy atom. The van der Waals surface area contributed by atoms with Crippen molar-refractivity contribution in [2.24, 2.45) is 7.05 Å². The van der Waals surface area contributed by atoms with Crippen LogP contribution >= 0.6 is 0 Å². The summed E-state index contributed by atoms with van der Waals surface area (Å²) in [6.45, 7) is 3.33. The fraction of sp³-hybridized carbons (Fsp3) is 0.300. The highest BCUT2D eigenvalue weighted by atomic mass is 16.4. The number of rotatable bonds is 5. The van der Waals surface area contributed by atoms with Gasteiger partial charge in [0.15, 0.2) is 0 Å². The zero-order valence-electron chi connectivity index (χ0n) is 8.96. The molecule has 0 aliphatic heterocycles. The lowest BCUT2D eigenvalue weighted by molar-refractivity contribution is -0.137. The van der Waals surface area contributed by atoms with Crippen molar-refractivity contribution in [3.63, 3.8) is 0 Å². The molecule has 0 fully saturated rings. The second-order valence-electron chi connectivity index (χ2n) is 3.27. The Bertz CT molecular complexity index is 411. The smallest absolute Gasteiger partial charge is 0.323 e. The van der Waals surface area contributed by atoms with Crippen LogP contribution in [0.15, 0.2) is 25.0 Å². The number of aromatic nitrogens is 2. The Kier molecular flexibility index (Phi) is 3.82. The van der Waals surface area contributed by atoms with E-state index in [9.17, 15) is 9.59 Å². The van der Waals surface area contributed by atoms with E-state index in [2.05, 4.69) is 11.7 Å². The molecule has 1 aromatic heterocycles. The van der Waals surface area contributed by atoms with Gasteiger partial charge in [0.25, 0.3) is 5.91 Å². The molecule has 0 aromatic carbocycles. The molecule has 16 heavy (non-hydrogen) atoms. The van der Waals surface area contributed by atoms with E-state index in [0.717, 1.165) is 0 Å². The van der Waals surface area contributed by atoms with E-state index in [-0.39, 0.29) is 19.0 Å². The van der Waals surface area contributed by atoms with Crippen LogP contribution in [-0.4, -0.2) is 44.8 Å². The first kappa shape index (κ1) is 12.0. The average Bonchev–Trinajstić information content (AvgIpc) is 2.62. The van der Waals surface area contributed by atoms with Gasteiger partial charge in [-0.15, -0.1) is 6.58 Å². The Morgan fingerprint density at radius 2 is 2.38 bits per heavy atom. The molecular formula is C10H13N3O3. The van der Waals surface area contributed by atoms with E-state index in [1.165, 1.54) is 21.9 Å². The third-order valence-electron chi connectivity index (χ3n) is 1.91. The molecule has 1 rings (SSSR count). The molecule has 0 unspecified atom stereocenters. The van der Waals surface area contributed by atoms with Crippen LogP contribution in [0.1, 0.15) is 10.4 Å². The lowest BCUT2D eigenvalue weighted by Gasteiger charge is -2.17. The van der Waals surface area contributed by atoms with Gasteiger partial charge in [-0.2, -0.15) is 5.10 Å². The van der Waals surface area contributed by atoms with Gasteiger partial charge in [-0.1, -0.05) is 6.08 Å². The van der Waals surface area contributed by atoms with Crippen LogP contribution in [-0.2, 0) is 11.8 Å². The molecule has 1 amide bonds. The molecule has 0 aliphatic carbocycles. The van der Waals surface area contributed by atoms with Gasteiger partial charge >= 0.3 is 5.97 Å². The number of hydrogen-bond donors (Lipinski definition) is 1. The molecule has 1 N–H and O–H groups in total. The number of aryl methyl sites for hydroxylation is 1. The Hall–Kier alpha value is -2.11. The Labute approximate surface area is 92.8 Å². The topological polar surface area (TPSA) is 75.4 Å². The number of nitrogens with zero attached hydrogens (tertiary/aromatic N) is 3. The SMILES string of the molecule is C=CCN(CC(=O)O)C(=O)c1cnn(C)c1. The van der Waals surface area contributed by atoms with Crippen LogP contribution < -0.4 is 0 Å². The minimum Gasteiger partial charge on any atom is -0.480 e. The van der Waals surface area contributed by atoms with Gasteiger partial charge in [0.2, 0.25) is 0 Å². The summed E-state index contributed by atoms with van der Waals surface area (Å²) in [5.41, 5.74) is 0.366. The van der Waals surface area contributed by atoms with E-state index < -0.39 is 5.97 Å². The number of hydrogen-bond acceptors (Lipinski definition) is 3. The van der Waals surface area contributed by atoms with Crippen molar-refractivity contribution in [2.45, 2.75) is 0 Å². The minimum atomic E-state index is -1.06. The normalized spacial score (nSPS) is 9.81. The summed E-state index contributed by atoms with van der Waals surface area (Å²) >= 11 is 0. The molecule has 0 saturated heterocycles. The number of aliphatic carboxylic acids is 1. The van der Waals surface area contributed by atoms with Gasteiger partial charge in [0, 0.05) is 19.8 Å². The number of amides is 1. The maximum absolute atomic E-state index is 11.8. The molecule has 86 valence electrons. The van der Waals surface area contributed by atoms with Crippen molar-refractivity contribution in [3.8, 4) is 0 Å². The lowest BCUT2D eigenvalue weighted by Crippen LogP contribution is -2.35. The number of carboxylic acid groups (broad SMARTS) is 1. The second kappa shape index (κ2) is 5.11.